The van der Waals surface area contributed by atoms with Crippen LogP contribution in [0.4, 0.5) is 0 Å². The maximum Gasteiger partial charge on any atom is 0.305 e. The third kappa shape index (κ3) is 54.8. The van der Waals surface area contributed by atoms with Gasteiger partial charge in [-0.3, -0.25) is 9.59 Å². The van der Waals surface area contributed by atoms with Gasteiger partial charge in [0.15, 0.2) is 0 Å². The van der Waals surface area contributed by atoms with E-state index in [1.807, 2.05) is 0 Å². The third-order valence-electron chi connectivity index (χ3n) is 9.69. The highest BCUT2D eigenvalue weighted by molar-refractivity contribution is 5.69. The molecule has 0 aliphatic rings. The quantitative estimate of drug-likeness (QED) is 0.0231. The van der Waals surface area contributed by atoms with Gasteiger partial charge in [-0.15, -0.1) is 0 Å². The molecule has 2 unspecified atom stereocenters. The first-order chi connectivity index (χ1) is 27.2. The molecular weight excluding hydrogens is 716 g/mol. The van der Waals surface area contributed by atoms with Crippen molar-refractivity contribution >= 4 is 11.9 Å². The van der Waals surface area contributed by atoms with Gasteiger partial charge in [-0.05, 0) is 12.8 Å². The Kier molecular flexibility index (Phi) is 54.4. The van der Waals surface area contributed by atoms with Gasteiger partial charge in [0.25, 0.3) is 0 Å². The SMILES string of the molecule is CCCCCCCCCCCCCCCCCC(=O)OCC(O)CO.CCCCCCCCCCCCCCCCCC(=O)OCC(O)CO.OCC(O)CO. The summed E-state index contributed by atoms with van der Waals surface area (Å²) >= 11 is 0. The van der Waals surface area contributed by atoms with Crippen molar-refractivity contribution in [3.63, 3.8) is 0 Å². The van der Waals surface area contributed by atoms with Crippen molar-refractivity contribution in [3.8, 4) is 0 Å². The van der Waals surface area contributed by atoms with Crippen LogP contribution >= 0.6 is 0 Å². The van der Waals surface area contributed by atoms with Crippen LogP contribution in [0.15, 0.2) is 0 Å². The first-order valence-electron chi connectivity index (χ1n) is 23.0. The number of hydrogen-bond acceptors (Lipinski definition) is 11. The van der Waals surface area contributed by atoms with E-state index in [1.165, 1.54) is 167 Å². The highest BCUT2D eigenvalue weighted by atomic mass is 16.5. The Morgan fingerprint density at radius 2 is 0.536 bits per heavy atom. The molecular formula is C45H92O11. The Hall–Kier alpha value is -1.34. The number of hydrogen-bond donors (Lipinski definition) is 7. The zero-order valence-corrected chi connectivity index (χ0v) is 36.4. The zero-order valence-electron chi connectivity index (χ0n) is 36.4. The molecule has 0 aliphatic carbocycles. The Labute approximate surface area is 343 Å². The molecule has 11 heteroatoms. The first kappa shape index (κ1) is 59.0. The molecule has 0 rings (SSSR count). The number of carbonyl (C=O) groups excluding carboxylic acids is 2. The van der Waals surface area contributed by atoms with Crippen LogP contribution in [0, 0.1) is 0 Å². The lowest BCUT2D eigenvalue weighted by atomic mass is 10.0. The average molecular weight is 809 g/mol. The third-order valence-corrected chi connectivity index (χ3v) is 9.69. The normalized spacial score (nSPS) is 12.0. The van der Waals surface area contributed by atoms with E-state index in [9.17, 15) is 9.59 Å². The molecule has 0 amide bonds. The van der Waals surface area contributed by atoms with Crippen LogP contribution in [0.25, 0.3) is 0 Å². The molecule has 0 aromatic heterocycles. The number of rotatable bonds is 40. The second kappa shape index (κ2) is 51.7. The molecule has 2 atom stereocenters. The van der Waals surface area contributed by atoms with Gasteiger partial charge in [0, 0.05) is 12.8 Å². The van der Waals surface area contributed by atoms with Crippen LogP contribution in [-0.2, 0) is 19.1 Å². The number of ether oxygens (including phenoxy) is 2. The minimum absolute atomic E-state index is 0.103. The van der Waals surface area contributed by atoms with Gasteiger partial charge in [-0.1, -0.05) is 194 Å². The lowest BCUT2D eigenvalue weighted by Crippen LogP contribution is -2.21. The van der Waals surface area contributed by atoms with Gasteiger partial charge >= 0.3 is 11.9 Å². The molecule has 0 bridgehead atoms. The number of unbranched alkanes of at least 4 members (excludes halogenated alkanes) is 28. The molecule has 0 aromatic rings. The van der Waals surface area contributed by atoms with E-state index in [-0.39, 0.29) is 51.6 Å². The zero-order chi connectivity index (χ0) is 42.2. The Balaban J connectivity index is -0.000000874. The standard InChI is InChI=1S/2C21H42O4.C3H8O3/c2*1-2-3-4-5-6-7-8-9-10-11-12-13-14-15-16-17-21(24)25-19-20(23)18-22;4-1-3(6)2-5/h2*20,22-23H,2-19H2,1H3;3-6H,1-2H2. The summed E-state index contributed by atoms with van der Waals surface area (Å²) in [5.74, 6) is -0.551. The molecule has 0 saturated heterocycles. The summed E-state index contributed by atoms with van der Waals surface area (Å²) in [6.45, 7) is 2.86. The molecule has 338 valence electrons. The summed E-state index contributed by atoms with van der Waals surface area (Å²) in [7, 11) is 0. The minimum Gasteiger partial charge on any atom is -0.463 e. The second-order valence-corrected chi connectivity index (χ2v) is 15.5. The van der Waals surface area contributed by atoms with E-state index in [0.29, 0.717) is 12.8 Å². The molecule has 56 heavy (non-hydrogen) atoms. The van der Waals surface area contributed by atoms with Gasteiger partial charge in [0.1, 0.15) is 31.5 Å². The molecule has 7 N–H and O–H groups in total. The molecule has 0 saturated carbocycles. The van der Waals surface area contributed by atoms with Crippen molar-refractivity contribution in [3.05, 3.63) is 0 Å². The first-order valence-corrected chi connectivity index (χ1v) is 23.0. The summed E-state index contributed by atoms with van der Waals surface area (Å²) in [4.78, 5) is 22.8. The number of aliphatic hydroxyl groups excluding tert-OH is 7. The fourth-order valence-electron chi connectivity index (χ4n) is 5.97. The maximum atomic E-state index is 11.4. The van der Waals surface area contributed by atoms with E-state index in [0.717, 1.165) is 25.7 Å². The Bertz CT molecular complexity index is 696. The second-order valence-electron chi connectivity index (χ2n) is 15.5. The predicted octanol–water partition coefficient (Wildman–Crippen LogP) is 8.62. The molecule has 11 nitrogen and oxygen atoms in total. The molecule has 0 heterocycles. The summed E-state index contributed by atoms with van der Waals surface area (Å²) in [6, 6.07) is 0. The van der Waals surface area contributed by atoms with E-state index < -0.39 is 18.3 Å². The van der Waals surface area contributed by atoms with Crippen LogP contribution in [0.2, 0.25) is 0 Å². The van der Waals surface area contributed by atoms with E-state index in [1.54, 1.807) is 0 Å². The Morgan fingerprint density at radius 1 is 0.339 bits per heavy atom. The fourth-order valence-corrected chi connectivity index (χ4v) is 5.97. The van der Waals surface area contributed by atoms with Crippen molar-refractivity contribution in [2.45, 2.75) is 238 Å². The topological polar surface area (TPSA) is 194 Å². The minimum atomic E-state index is -0.954. The van der Waals surface area contributed by atoms with Crippen LogP contribution in [0.5, 0.6) is 0 Å². The number of carbonyl (C=O) groups is 2. The van der Waals surface area contributed by atoms with Gasteiger partial charge < -0.3 is 45.2 Å². The molecule has 0 radical (unpaired) electrons. The summed E-state index contributed by atoms with van der Waals surface area (Å²) in [6.07, 6.45) is 37.1. The lowest BCUT2D eigenvalue weighted by molar-refractivity contribution is -0.148. The summed E-state index contributed by atoms with van der Waals surface area (Å²) in [5, 5.41) is 59.4. The van der Waals surface area contributed by atoms with Crippen LogP contribution < -0.4 is 0 Å². The fraction of sp³-hybridized carbons (Fsp3) is 0.956. The number of aliphatic hydroxyl groups is 7. The van der Waals surface area contributed by atoms with Crippen molar-refractivity contribution in [2.75, 3.05) is 39.6 Å². The van der Waals surface area contributed by atoms with Gasteiger partial charge in [0.05, 0.1) is 26.4 Å². The van der Waals surface area contributed by atoms with Crippen molar-refractivity contribution in [1.82, 2.24) is 0 Å². The predicted molar refractivity (Wildman–Crippen MR) is 227 cm³/mol. The molecule has 0 aliphatic heterocycles. The van der Waals surface area contributed by atoms with E-state index >= 15 is 0 Å². The number of esters is 2. The monoisotopic (exact) mass is 809 g/mol. The lowest BCUT2D eigenvalue weighted by Gasteiger charge is -2.08. The summed E-state index contributed by atoms with van der Waals surface area (Å²) in [5.41, 5.74) is 0. The van der Waals surface area contributed by atoms with Crippen molar-refractivity contribution in [1.29, 1.82) is 0 Å². The smallest absolute Gasteiger partial charge is 0.305 e. The van der Waals surface area contributed by atoms with Crippen LogP contribution in [0.3, 0.4) is 0 Å². The van der Waals surface area contributed by atoms with Crippen LogP contribution in [-0.4, -0.2) is 106 Å². The highest BCUT2D eigenvalue weighted by Crippen LogP contribution is 2.15. The van der Waals surface area contributed by atoms with E-state index in [4.69, 9.17) is 45.2 Å². The molecule has 0 aromatic carbocycles. The summed E-state index contributed by atoms with van der Waals surface area (Å²) < 4.78 is 9.73. The Morgan fingerprint density at radius 3 is 0.714 bits per heavy atom. The molecule has 0 spiro atoms. The average Bonchev–Trinajstić information content (AvgIpc) is 3.21. The van der Waals surface area contributed by atoms with Crippen molar-refractivity contribution < 1.29 is 54.8 Å². The largest absolute Gasteiger partial charge is 0.463 e. The maximum absolute atomic E-state index is 11.4. The van der Waals surface area contributed by atoms with Gasteiger partial charge in [-0.2, -0.15) is 0 Å². The van der Waals surface area contributed by atoms with Gasteiger partial charge in [0.2, 0.25) is 0 Å². The van der Waals surface area contributed by atoms with Gasteiger partial charge in [-0.25, -0.2) is 0 Å². The van der Waals surface area contributed by atoms with Crippen molar-refractivity contribution in [2.24, 2.45) is 0 Å². The molecule has 0 fully saturated rings. The highest BCUT2D eigenvalue weighted by Gasteiger charge is 2.08. The van der Waals surface area contributed by atoms with E-state index in [2.05, 4.69) is 13.8 Å². The van der Waals surface area contributed by atoms with Crippen LogP contribution in [0.1, 0.15) is 219 Å².